The molecule has 0 aliphatic carbocycles. The quantitative estimate of drug-likeness (QED) is 0.483. The molecule has 78 valence electrons. The normalized spacial score (nSPS) is 24.9. The molecule has 0 saturated carbocycles. The van der Waals surface area contributed by atoms with Crippen LogP contribution >= 0.6 is 0 Å². The van der Waals surface area contributed by atoms with Gasteiger partial charge in [0.15, 0.2) is 12.4 Å². The van der Waals surface area contributed by atoms with Crippen molar-refractivity contribution in [1.29, 1.82) is 0 Å². The van der Waals surface area contributed by atoms with Gasteiger partial charge in [0.2, 0.25) is 0 Å². The van der Waals surface area contributed by atoms with E-state index in [-0.39, 0.29) is 5.91 Å². The van der Waals surface area contributed by atoms with Crippen molar-refractivity contribution in [3.63, 3.8) is 0 Å². The summed E-state index contributed by atoms with van der Waals surface area (Å²) in [6.07, 6.45) is 3.66. The van der Waals surface area contributed by atoms with Gasteiger partial charge in [-0.15, -0.1) is 0 Å². The minimum Gasteiger partial charge on any atom is -0.320 e. The van der Waals surface area contributed by atoms with Gasteiger partial charge < -0.3 is 5.32 Å². The zero-order chi connectivity index (χ0) is 11.1. The third-order valence-electron chi connectivity index (χ3n) is 2.60. The Labute approximate surface area is 87.1 Å². The van der Waals surface area contributed by atoms with E-state index in [1.807, 2.05) is 36.1 Å². The lowest BCUT2D eigenvalue weighted by molar-refractivity contribution is -0.671. The second-order valence-corrected chi connectivity index (χ2v) is 3.79. The summed E-state index contributed by atoms with van der Waals surface area (Å²) in [6, 6.07) is 3.17. The van der Waals surface area contributed by atoms with E-state index in [1.165, 1.54) is 0 Å². The van der Waals surface area contributed by atoms with Crippen LogP contribution < -0.4 is 15.2 Å². The summed E-state index contributed by atoms with van der Waals surface area (Å²) < 4.78 is 1.86. The molecule has 1 fully saturated rings. The van der Waals surface area contributed by atoms with E-state index in [4.69, 9.17) is 0 Å². The topological polar surface area (TPSA) is 62.1 Å². The summed E-state index contributed by atoms with van der Waals surface area (Å²) in [6.45, 7) is 1.68. The summed E-state index contributed by atoms with van der Waals surface area (Å²) in [4.78, 5) is 22.7. The summed E-state index contributed by atoms with van der Waals surface area (Å²) in [5.41, 5.74) is -0.185. The highest BCUT2D eigenvalue weighted by molar-refractivity contribution is 6.07. The van der Waals surface area contributed by atoms with Gasteiger partial charge in [0.05, 0.1) is 0 Å². The van der Waals surface area contributed by atoms with Crippen molar-refractivity contribution in [2.24, 2.45) is 7.05 Å². The standard InChI is InChI=1S/C10H11N3O2/c1-10(8(14)11-9(15)12-10)7-3-5-13(2)6-4-7/h3-6H,1-2H3,(H-,11,12,14,15)/p+1/t10-/m0/s1. The van der Waals surface area contributed by atoms with Crippen molar-refractivity contribution in [3.05, 3.63) is 30.1 Å². The van der Waals surface area contributed by atoms with Crippen molar-refractivity contribution in [2.75, 3.05) is 0 Å². The number of nitrogens with zero attached hydrogens (tertiary/aromatic N) is 1. The summed E-state index contributed by atoms with van der Waals surface area (Å²) >= 11 is 0. The van der Waals surface area contributed by atoms with Gasteiger partial charge >= 0.3 is 6.03 Å². The molecular formula is C10H12N3O2+. The van der Waals surface area contributed by atoms with Crippen LogP contribution in [0.15, 0.2) is 24.5 Å². The van der Waals surface area contributed by atoms with Gasteiger partial charge in [-0.1, -0.05) is 0 Å². The maximum absolute atomic E-state index is 11.6. The molecule has 1 aromatic rings. The second kappa shape index (κ2) is 3.05. The fourth-order valence-corrected chi connectivity index (χ4v) is 1.58. The number of imide groups is 1. The lowest BCUT2D eigenvalue weighted by Gasteiger charge is -2.19. The molecule has 0 aromatic carbocycles. The molecule has 2 N–H and O–H groups in total. The number of nitrogens with one attached hydrogen (secondary N) is 2. The maximum atomic E-state index is 11.6. The van der Waals surface area contributed by atoms with Gasteiger partial charge in [-0.3, -0.25) is 10.1 Å². The number of hydrogen-bond acceptors (Lipinski definition) is 2. The average Bonchev–Trinajstić information content (AvgIpc) is 2.42. The zero-order valence-electron chi connectivity index (χ0n) is 8.57. The fraction of sp³-hybridized carbons (Fsp3) is 0.300. The van der Waals surface area contributed by atoms with Crippen LogP contribution in [0.1, 0.15) is 12.5 Å². The minimum atomic E-state index is -0.953. The van der Waals surface area contributed by atoms with E-state index in [0.29, 0.717) is 0 Å². The number of aryl methyl sites for hydroxylation is 1. The smallest absolute Gasteiger partial charge is 0.320 e. The van der Waals surface area contributed by atoms with Crippen LogP contribution in [0.5, 0.6) is 0 Å². The molecule has 0 radical (unpaired) electrons. The number of rotatable bonds is 1. The molecule has 0 unspecified atom stereocenters. The fourth-order valence-electron chi connectivity index (χ4n) is 1.58. The first-order valence-electron chi connectivity index (χ1n) is 4.62. The SMILES string of the molecule is C[n+]1ccc([C@]2(C)NC(=O)NC2=O)cc1. The van der Waals surface area contributed by atoms with Crippen LogP contribution in [-0.4, -0.2) is 11.9 Å². The van der Waals surface area contributed by atoms with Crippen molar-refractivity contribution >= 4 is 11.9 Å². The highest BCUT2D eigenvalue weighted by Crippen LogP contribution is 2.22. The Bertz CT molecular complexity index is 427. The molecule has 2 rings (SSSR count). The molecule has 15 heavy (non-hydrogen) atoms. The van der Waals surface area contributed by atoms with Crippen LogP contribution in [0.25, 0.3) is 0 Å². The lowest BCUT2D eigenvalue weighted by atomic mass is 9.93. The Balaban J connectivity index is 2.41. The first kappa shape index (κ1) is 9.64. The number of carbonyl (C=O) groups is 2. The minimum absolute atomic E-state index is 0.318. The number of carbonyl (C=O) groups excluding carboxylic acids is 2. The van der Waals surface area contributed by atoms with Crippen molar-refractivity contribution in [1.82, 2.24) is 10.6 Å². The Hall–Kier alpha value is -1.91. The molecule has 1 aliphatic rings. The van der Waals surface area contributed by atoms with Crippen molar-refractivity contribution in [3.8, 4) is 0 Å². The van der Waals surface area contributed by atoms with Crippen LogP contribution in [-0.2, 0) is 17.4 Å². The van der Waals surface area contributed by atoms with Crippen LogP contribution in [0.2, 0.25) is 0 Å². The molecule has 0 bridgehead atoms. The molecule has 1 saturated heterocycles. The molecule has 1 aliphatic heterocycles. The van der Waals surface area contributed by atoms with Crippen LogP contribution in [0, 0.1) is 0 Å². The number of urea groups is 1. The molecule has 1 aromatic heterocycles. The lowest BCUT2D eigenvalue weighted by Crippen LogP contribution is -2.41. The van der Waals surface area contributed by atoms with Crippen LogP contribution in [0.4, 0.5) is 4.79 Å². The molecule has 3 amide bonds. The van der Waals surface area contributed by atoms with Gasteiger partial charge in [-0.25, -0.2) is 9.36 Å². The Morgan fingerprint density at radius 1 is 1.27 bits per heavy atom. The van der Waals surface area contributed by atoms with Gasteiger partial charge in [0.1, 0.15) is 12.6 Å². The molecule has 2 heterocycles. The Morgan fingerprint density at radius 2 is 1.87 bits per heavy atom. The number of pyridine rings is 1. The number of amides is 3. The van der Waals surface area contributed by atoms with Crippen LogP contribution in [0.3, 0.4) is 0 Å². The maximum Gasteiger partial charge on any atom is 0.322 e. The van der Waals surface area contributed by atoms with Gasteiger partial charge in [-0.2, -0.15) is 0 Å². The van der Waals surface area contributed by atoms with Gasteiger partial charge in [0, 0.05) is 12.1 Å². The highest BCUT2D eigenvalue weighted by Gasteiger charge is 2.43. The zero-order valence-corrected chi connectivity index (χ0v) is 8.57. The van der Waals surface area contributed by atoms with Crippen molar-refractivity contribution < 1.29 is 14.2 Å². The Kier molecular flexibility index (Phi) is 1.96. The summed E-state index contributed by atoms with van der Waals surface area (Å²) in [5.74, 6) is -0.318. The first-order chi connectivity index (χ1) is 7.02. The van der Waals surface area contributed by atoms with E-state index >= 15 is 0 Å². The monoisotopic (exact) mass is 206 g/mol. The third-order valence-corrected chi connectivity index (χ3v) is 2.60. The average molecular weight is 206 g/mol. The molecular weight excluding hydrogens is 194 g/mol. The van der Waals surface area contributed by atoms with Gasteiger partial charge in [-0.05, 0) is 12.5 Å². The Morgan fingerprint density at radius 3 is 2.33 bits per heavy atom. The van der Waals surface area contributed by atoms with E-state index in [0.717, 1.165) is 5.56 Å². The third kappa shape index (κ3) is 1.45. The van der Waals surface area contributed by atoms with Gasteiger partial charge in [0.25, 0.3) is 5.91 Å². The molecule has 1 atom stereocenters. The molecule has 5 heteroatoms. The van der Waals surface area contributed by atoms with E-state index in [2.05, 4.69) is 10.6 Å². The predicted octanol–water partition coefficient (Wildman–Crippen LogP) is -0.434. The second-order valence-electron chi connectivity index (χ2n) is 3.79. The van der Waals surface area contributed by atoms with E-state index < -0.39 is 11.6 Å². The summed E-state index contributed by atoms with van der Waals surface area (Å²) in [7, 11) is 1.89. The number of aromatic nitrogens is 1. The van der Waals surface area contributed by atoms with E-state index in [1.54, 1.807) is 6.92 Å². The highest BCUT2D eigenvalue weighted by atomic mass is 16.2. The molecule has 0 spiro atoms. The van der Waals surface area contributed by atoms with Crippen molar-refractivity contribution in [2.45, 2.75) is 12.5 Å². The molecule has 5 nitrogen and oxygen atoms in total. The number of hydrogen-bond donors (Lipinski definition) is 2. The van der Waals surface area contributed by atoms with E-state index in [9.17, 15) is 9.59 Å². The summed E-state index contributed by atoms with van der Waals surface area (Å²) in [5, 5.41) is 4.83. The largest absolute Gasteiger partial charge is 0.322 e. The first-order valence-corrected chi connectivity index (χ1v) is 4.62. The predicted molar refractivity (Wildman–Crippen MR) is 51.6 cm³/mol.